The second kappa shape index (κ2) is 9.61. The Morgan fingerprint density at radius 2 is 1.58 bits per heavy atom. The first-order valence-corrected chi connectivity index (χ1v) is 12.1. The van der Waals surface area contributed by atoms with E-state index in [4.69, 9.17) is 0 Å². The lowest BCUT2D eigenvalue weighted by Gasteiger charge is -2.50. The Morgan fingerprint density at radius 3 is 2.27 bits per heavy atom. The molecule has 0 bridgehead atoms. The van der Waals surface area contributed by atoms with Crippen LogP contribution < -0.4 is 0 Å². The van der Waals surface area contributed by atoms with Crippen LogP contribution in [0, 0.1) is 46.3 Å². The molecule has 0 aromatic heterocycles. The summed E-state index contributed by atoms with van der Waals surface area (Å²) in [6, 6.07) is 2.89. The fourth-order valence-corrected chi connectivity index (χ4v) is 6.98. The summed E-state index contributed by atoms with van der Waals surface area (Å²) in [5.74, 6) is 4.53. The van der Waals surface area contributed by atoms with Crippen molar-refractivity contribution in [2.24, 2.45) is 35.0 Å². The minimum Gasteiger partial charge on any atom is -0.198 e. The summed E-state index contributed by atoms with van der Waals surface area (Å²) in [6.45, 7) is 4.64. The van der Waals surface area contributed by atoms with Crippen LogP contribution >= 0.6 is 0 Å². The first-order valence-electron chi connectivity index (χ1n) is 12.1. The summed E-state index contributed by atoms with van der Waals surface area (Å²) >= 11 is 0. The smallest absolute Gasteiger partial charge is 0.0692 e. The lowest BCUT2D eigenvalue weighted by Crippen LogP contribution is -2.42. The van der Waals surface area contributed by atoms with E-state index in [1.807, 2.05) is 0 Å². The predicted molar refractivity (Wildman–Crippen MR) is 111 cm³/mol. The number of hydrogen-bond donors (Lipinski definition) is 0. The van der Waals surface area contributed by atoms with Gasteiger partial charge in [-0.3, -0.25) is 0 Å². The molecule has 1 heteroatoms. The quantitative estimate of drug-likeness (QED) is 0.425. The number of unbranched alkanes of at least 4 members (excludes halogenated alkanes) is 2. The third kappa shape index (κ3) is 4.66. The molecule has 0 N–H and O–H groups in total. The summed E-state index contributed by atoms with van der Waals surface area (Å²) in [5, 5.41) is 10.1. The molecule has 0 aromatic carbocycles. The first kappa shape index (κ1) is 20.2. The van der Waals surface area contributed by atoms with Gasteiger partial charge in [0, 0.05) is 0 Å². The number of fused-ring (bicyclic) bond motifs is 1. The van der Waals surface area contributed by atoms with Crippen LogP contribution in [0.3, 0.4) is 0 Å². The molecule has 148 valence electrons. The van der Waals surface area contributed by atoms with Gasteiger partial charge in [-0.15, -0.1) is 0 Å². The largest absolute Gasteiger partial charge is 0.198 e. The van der Waals surface area contributed by atoms with Crippen LogP contribution in [-0.2, 0) is 0 Å². The second-order valence-corrected chi connectivity index (χ2v) is 10.2. The summed E-state index contributed by atoms with van der Waals surface area (Å²) in [4.78, 5) is 0. The SMILES string of the molecule is CCCCCC1CCC2CC(C3CCC(CCC)CC3)CCC2(C#N)C1. The van der Waals surface area contributed by atoms with E-state index in [2.05, 4.69) is 19.9 Å². The Labute approximate surface area is 163 Å². The highest BCUT2D eigenvalue weighted by Crippen LogP contribution is 2.56. The van der Waals surface area contributed by atoms with Gasteiger partial charge in [0.2, 0.25) is 0 Å². The van der Waals surface area contributed by atoms with Crippen molar-refractivity contribution in [3.8, 4) is 6.07 Å². The lowest BCUT2D eigenvalue weighted by molar-refractivity contribution is 0.0146. The zero-order valence-corrected chi connectivity index (χ0v) is 17.6. The maximum Gasteiger partial charge on any atom is 0.0692 e. The highest BCUT2D eigenvalue weighted by molar-refractivity contribution is 5.09. The average Bonchev–Trinajstić information content (AvgIpc) is 2.68. The molecule has 0 radical (unpaired) electrons. The highest BCUT2D eigenvalue weighted by atomic mass is 14.5. The molecule has 3 fully saturated rings. The van der Waals surface area contributed by atoms with E-state index in [9.17, 15) is 5.26 Å². The van der Waals surface area contributed by atoms with Crippen LogP contribution in [0.15, 0.2) is 0 Å². The molecule has 3 saturated carbocycles. The fourth-order valence-electron chi connectivity index (χ4n) is 6.98. The molecule has 0 aromatic rings. The van der Waals surface area contributed by atoms with Crippen LogP contribution in [0.1, 0.15) is 117 Å². The second-order valence-electron chi connectivity index (χ2n) is 10.2. The molecule has 0 aliphatic heterocycles. The van der Waals surface area contributed by atoms with Crippen molar-refractivity contribution >= 4 is 0 Å². The summed E-state index contributed by atoms with van der Waals surface area (Å²) < 4.78 is 0. The Hall–Kier alpha value is -0.510. The average molecular weight is 358 g/mol. The lowest BCUT2D eigenvalue weighted by atomic mass is 9.53. The fraction of sp³-hybridized carbons (Fsp3) is 0.960. The molecule has 3 rings (SSSR count). The van der Waals surface area contributed by atoms with Gasteiger partial charge in [0.25, 0.3) is 0 Å². The van der Waals surface area contributed by atoms with Crippen molar-refractivity contribution in [1.82, 2.24) is 0 Å². The number of nitrogens with zero attached hydrogens (tertiary/aromatic N) is 1. The van der Waals surface area contributed by atoms with Crippen molar-refractivity contribution < 1.29 is 0 Å². The van der Waals surface area contributed by atoms with Gasteiger partial charge in [0.05, 0.1) is 11.5 Å². The molecule has 4 unspecified atom stereocenters. The van der Waals surface area contributed by atoms with Gasteiger partial charge < -0.3 is 0 Å². The van der Waals surface area contributed by atoms with E-state index in [1.54, 1.807) is 0 Å². The van der Waals surface area contributed by atoms with Crippen LogP contribution in [0.25, 0.3) is 0 Å². The predicted octanol–water partition coefficient (Wildman–Crippen LogP) is 7.90. The van der Waals surface area contributed by atoms with Gasteiger partial charge in [-0.1, -0.05) is 71.6 Å². The first-order chi connectivity index (χ1) is 12.7. The number of rotatable bonds is 7. The molecule has 3 aliphatic carbocycles. The van der Waals surface area contributed by atoms with Gasteiger partial charge >= 0.3 is 0 Å². The Bertz CT molecular complexity index is 455. The van der Waals surface area contributed by atoms with Crippen LogP contribution in [-0.4, -0.2) is 0 Å². The molecule has 0 saturated heterocycles. The van der Waals surface area contributed by atoms with E-state index >= 15 is 0 Å². The van der Waals surface area contributed by atoms with E-state index in [0.29, 0.717) is 0 Å². The molecule has 3 aliphatic rings. The molecule has 1 nitrogen and oxygen atoms in total. The molecule has 4 atom stereocenters. The number of nitriles is 1. The Kier molecular flexibility index (Phi) is 7.48. The van der Waals surface area contributed by atoms with E-state index in [1.165, 1.54) is 103 Å². The maximum atomic E-state index is 10.1. The molecule has 0 heterocycles. The topological polar surface area (TPSA) is 23.8 Å². The standard InChI is InChI=1S/C25H43N/c1-3-5-6-8-21-11-14-24-17-23(15-16-25(24,18-21)19-26)22-12-9-20(7-4-2)10-13-22/h20-24H,3-18H2,1-2H3. The van der Waals surface area contributed by atoms with Gasteiger partial charge in [-0.25, -0.2) is 0 Å². The summed E-state index contributed by atoms with van der Waals surface area (Å²) in [5.41, 5.74) is 0.0606. The molecule has 0 amide bonds. The third-order valence-corrected chi connectivity index (χ3v) is 8.60. The van der Waals surface area contributed by atoms with E-state index in [0.717, 1.165) is 29.6 Å². The zero-order valence-electron chi connectivity index (χ0n) is 17.6. The highest BCUT2D eigenvalue weighted by Gasteiger charge is 2.48. The van der Waals surface area contributed by atoms with E-state index < -0.39 is 0 Å². The number of hydrogen-bond acceptors (Lipinski definition) is 1. The molecular weight excluding hydrogens is 314 g/mol. The van der Waals surface area contributed by atoms with Crippen molar-refractivity contribution in [2.75, 3.05) is 0 Å². The van der Waals surface area contributed by atoms with Gasteiger partial charge in [-0.2, -0.15) is 5.26 Å². The summed E-state index contributed by atoms with van der Waals surface area (Å²) in [6.07, 6.45) is 22.2. The monoisotopic (exact) mass is 357 g/mol. The molecule has 26 heavy (non-hydrogen) atoms. The minimum atomic E-state index is 0.0606. The summed E-state index contributed by atoms with van der Waals surface area (Å²) in [7, 11) is 0. The van der Waals surface area contributed by atoms with Crippen molar-refractivity contribution in [3.63, 3.8) is 0 Å². The van der Waals surface area contributed by atoms with Gasteiger partial charge in [0.15, 0.2) is 0 Å². The zero-order chi connectivity index (χ0) is 18.4. The van der Waals surface area contributed by atoms with Crippen LogP contribution in [0.4, 0.5) is 0 Å². The van der Waals surface area contributed by atoms with E-state index in [-0.39, 0.29) is 5.41 Å². The van der Waals surface area contributed by atoms with Gasteiger partial charge in [0.1, 0.15) is 0 Å². The molecule has 0 spiro atoms. The van der Waals surface area contributed by atoms with Crippen molar-refractivity contribution in [1.29, 1.82) is 5.26 Å². The van der Waals surface area contributed by atoms with Gasteiger partial charge in [-0.05, 0) is 74.5 Å². The minimum absolute atomic E-state index is 0.0606. The Balaban J connectivity index is 1.52. The normalized spacial score (nSPS) is 40.6. The van der Waals surface area contributed by atoms with Crippen LogP contribution in [0.2, 0.25) is 0 Å². The Morgan fingerprint density at radius 1 is 0.808 bits per heavy atom. The van der Waals surface area contributed by atoms with Crippen LogP contribution in [0.5, 0.6) is 0 Å². The van der Waals surface area contributed by atoms with Crippen molar-refractivity contribution in [2.45, 2.75) is 117 Å². The third-order valence-electron chi connectivity index (χ3n) is 8.60. The molecular formula is C25H43N. The maximum absolute atomic E-state index is 10.1. The van der Waals surface area contributed by atoms with Crippen molar-refractivity contribution in [3.05, 3.63) is 0 Å².